The van der Waals surface area contributed by atoms with Crippen molar-refractivity contribution in [3.8, 4) is 0 Å². The molecule has 2 nitrogen and oxygen atoms in total. The molecule has 0 aliphatic carbocycles. The Hall–Kier alpha value is -0.530. The zero-order valence-corrected chi connectivity index (χ0v) is 8.01. The minimum atomic E-state index is 0.0295. The average Bonchev–Trinajstić information content (AvgIpc) is 2.28. The fourth-order valence-electron chi connectivity index (χ4n) is 1.67. The number of hydrogen-bond donors (Lipinski definition) is 0. The van der Waals surface area contributed by atoms with Crippen LogP contribution in [0.15, 0.2) is 0 Å². The zero-order valence-electron chi connectivity index (χ0n) is 8.01. The fourth-order valence-corrected chi connectivity index (χ4v) is 1.67. The van der Waals surface area contributed by atoms with Gasteiger partial charge in [0, 0.05) is 0 Å². The van der Waals surface area contributed by atoms with Gasteiger partial charge in [-0.25, -0.2) is 0 Å². The van der Waals surface area contributed by atoms with Crippen molar-refractivity contribution in [3.63, 3.8) is 0 Å². The van der Waals surface area contributed by atoms with Crippen LogP contribution in [0.2, 0.25) is 0 Å². The molecule has 2 unspecified atom stereocenters. The van der Waals surface area contributed by atoms with Crippen LogP contribution in [0.5, 0.6) is 0 Å². The van der Waals surface area contributed by atoms with Gasteiger partial charge in [0.2, 0.25) is 0 Å². The van der Waals surface area contributed by atoms with Gasteiger partial charge in [0.1, 0.15) is 0 Å². The van der Waals surface area contributed by atoms with E-state index in [-0.39, 0.29) is 11.9 Å². The van der Waals surface area contributed by atoms with E-state index in [1.807, 2.05) is 0 Å². The van der Waals surface area contributed by atoms with Gasteiger partial charge in [0.15, 0.2) is 0 Å². The maximum Gasteiger partial charge on any atom is 0.309 e. The summed E-state index contributed by atoms with van der Waals surface area (Å²) in [5.74, 6) is 0.676. The van der Waals surface area contributed by atoms with Crippen molar-refractivity contribution in [1.29, 1.82) is 0 Å². The lowest BCUT2D eigenvalue weighted by molar-refractivity contribution is -0.149. The molecular weight excluding hydrogens is 152 g/mol. The van der Waals surface area contributed by atoms with E-state index in [1.54, 1.807) is 0 Å². The van der Waals surface area contributed by atoms with E-state index in [0.29, 0.717) is 12.5 Å². The molecule has 1 saturated heterocycles. The molecule has 1 aliphatic rings. The van der Waals surface area contributed by atoms with Crippen LogP contribution >= 0.6 is 0 Å². The Morgan fingerprint density at radius 2 is 2.33 bits per heavy atom. The molecule has 1 heterocycles. The maximum absolute atomic E-state index is 11.4. The summed E-state index contributed by atoms with van der Waals surface area (Å²) in [5, 5.41) is 0. The van der Waals surface area contributed by atoms with Crippen LogP contribution < -0.4 is 0 Å². The van der Waals surface area contributed by atoms with E-state index in [0.717, 1.165) is 25.7 Å². The molecule has 0 aromatic heterocycles. The summed E-state index contributed by atoms with van der Waals surface area (Å²) in [7, 11) is 0. The quantitative estimate of drug-likeness (QED) is 0.595. The van der Waals surface area contributed by atoms with Crippen LogP contribution in [0.4, 0.5) is 0 Å². The summed E-state index contributed by atoms with van der Waals surface area (Å²) in [6.07, 6.45) is 4.27. The smallest absolute Gasteiger partial charge is 0.309 e. The minimum Gasteiger partial charge on any atom is -0.465 e. The number of ether oxygens (including phenoxy) is 1. The first kappa shape index (κ1) is 9.56. The van der Waals surface area contributed by atoms with E-state index >= 15 is 0 Å². The molecule has 1 aliphatic heterocycles. The molecule has 1 fully saturated rings. The van der Waals surface area contributed by atoms with Crippen LogP contribution in [0, 0.1) is 11.8 Å². The monoisotopic (exact) mass is 170 g/mol. The number of carbonyl (C=O) groups excluding carboxylic acids is 1. The standard InChI is InChI=1S/C10H18O2/c1-3-8(2)9-6-4-5-7-12-10(9)11/h8-9H,3-7H2,1-2H3. The number of esters is 1. The highest BCUT2D eigenvalue weighted by Crippen LogP contribution is 2.25. The second kappa shape index (κ2) is 4.48. The zero-order chi connectivity index (χ0) is 8.97. The van der Waals surface area contributed by atoms with Crippen LogP contribution in [-0.2, 0) is 9.53 Å². The summed E-state index contributed by atoms with van der Waals surface area (Å²) in [6.45, 7) is 4.89. The van der Waals surface area contributed by atoms with Gasteiger partial charge in [-0.1, -0.05) is 20.3 Å². The maximum atomic E-state index is 11.4. The molecular formula is C10H18O2. The van der Waals surface area contributed by atoms with Gasteiger partial charge in [-0.15, -0.1) is 0 Å². The summed E-state index contributed by atoms with van der Waals surface area (Å²) in [5.41, 5.74) is 0. The van der Waals surface area contributed by atoms with Crippen LogP contribution in [0.3, 0.4) is 0 Å². The van der Waals surface area contributed by atoms with Crippen molar-refractivity contribution >= 4 is 5.97 Å². The van der Waals surface area contributed by atoms with Gasteiger partial charge in [-0.3, -0.25) is 4.79 Å². The second-order valence-corrected chi connectivity index (χ2v) is 3.66. The van der Waals surface area contributed by atoms with Gasteiger partial charge in [-0.2, -0.15) is 0 Å². The number of rotatable bonds is 2. The predicted molar refractivity (Wildman–Crippen MR) is 47.8 cm³/mol. The first-order valence-corrected chi connectivity index (χ1v) is 4.92. The number of hydrogen-bond acceptors (Lipinski definition) is 2. The van der Waals surface area contributed by atoms with Crippen molar-refractivity contribution in [2.45, 2.75) is 39.5 Å². The van der Waals surface area contributed by atoms with Gasteiger partial charge >= 0.3 is 5.97 Å². The highest BCUT2D eigenvalue weighted by atomic mass is 16.5. The molecule has 2 heteroatoms. The lowest BCUT2D eigenvalue weighted by Gasteiger charge is -2.17. The van der Waals surface area contributed by atoms with Crippen molar-refractivity contribution in [3.05, 3.63) is 0 Å². The van der Waals surface area contributed by atoms with Crippen molar-refractivity contribution in [1.82, 2.24) is 0 Å². The van der Waals surface area contributed by atoms with E-state index < -0.39 is 0 Å². The van der Waals surface area contributed by atoms with E-state index in [4.69, 9.17) is 4.74 Å². The van der Waals surface area contributed by atoms with Gasteiger partial charge in [-0.05, 0) is 25.2 Å². The van der Waals surface area contributed by atoms with E-state index in [2.05, 4.69) is 13.8 Å². The molecule has 70 valence electrons. The lowest BCUT2D eigenvalue weighted by atomic mass is 9.88. The summed E-state index contributed by atoms with van der Waals surface area (Å²) >= 11 is 0. The Morgan fingerprint density at radius 3 is 3.00 bits per heavy atom. The molecule has 0 spiro atoms. The summed E-state index contributed by atoms with van der Waals surface area (Å²) < 4.78 is 5.10. The first-order chi connectivity index (χ1) is 5.75. The molecule has 0 bridgehead atoms. The highest BCUT2D eigenvalue weighted by molar-refractivity contribution is 5.72. The Morgan fingerprint density at radius 1 is 1.58 bits per heavy atom. The fraction of sp³-hybridized carbons (Fsp3) is 0.900. The Bertz CT molecular complexity index is 154. The Balaban J connectivity index is 2.52. The molecule has 0 radical (unpaired) electrons. The SMILES string of the molecule is CCC(C)C1CCCCOC1=O. The highest BCUT2D eigenvalue weighted by Gasteiger charge is 2.26. The van der Waals surface area contributed by atoms with Crippen molar-refractivity contribution in [2.24, 2.45) is 11.8 Å². The van der Waals surface area contributed by atoms with Crippen molar-refractivity contribution < 1.29 is 9.53 Å². The topological polar surface area (TPSA) is 26.3 Å². The van der Waals surface area contributed by atoms with Gasteiger partial charge in [0.05, 0.1) is 12.5 Å². The first-order valence-electron chi connectivity index (χ1n) is 4.92. The van der Waals surface area contributed by atoms with Crippen molar-refractivity contribution in [2.75, 3.05) is 6.61 Å². The largest absolute Gasteiger partial charge is 0.465 e. The molecule has 2 atom stereocenters. The average molecular weight is 170 g/mol. The molecule has 0 amide bonds. The van der Waals surface area contributed by atoms with Crippen LogP contribution in [0.1, 0.15) is 39.5 Å². The van der Waals surface area contributed by atoms with E-state index in [1.165, 1.54) is 0 Å². The third-order valence-electron chi connectivity index (χ3n) is 2.79. The predicted octanol–water partition coefficient (Wildman–Crippen LogP) is 2.38. The number of cyclic esters (lactones) is 1. The van der Waals surface area contributed by atoms with Crippen LogP contribution in [-0.4, -0.2) is 12.6 Å². The summed E-state index contributed by atoms with van der Waals surface area (Å²) in [6, 6.07) is 0. The normalized spacial score (nSPS) is 27.5. The molecule has 0 N–H and O–H groups in total. The molecule has 1 rings (SSSR count). The minimum absolute atomic E-state index is 0.0295. The van der Waals surface area contributed by atoms with Gasteiger partial charge in [0.25, 0.3) is 0 Å². The Kier molecular flexibility index (Phi) is 3.57. The molecule has 0 aromatic carbocycles. The molecule has 0 saturated carbocycles. The van der Waals surface area contributed by atoms with E-state index in [9.17, 15) is 4.79 Å². The third-order valence-corrected chi connectivity index (χ3v) is 2.79. The van der Waals surface area contributed by atoms with Gasteiger partial charge < -0.3 is 4.74 Å². The molecule has 12 heavy (non-hydrogen) atoms. The third kappa shape index (κ3) is 2.23. The number of carbonyl (C=O) groups is 1. The lowest BCUT2D eigenvalue weighted by Crippen LogP contribution is -2.22. The van der Waals surface area contributed by atoms with Crippen LogP contribution in [0.25, 0.3) is 0 Å². The molecule has 0 aromatic rings. The Labute approximate surface area is 74.3 Å². The summed E-state index contributed by atoms with van der Waals surface area (Å²) in [4.78, 5) is 11.4. The second-order valence-electron chi connectivity index (χ2n) is 3.66.